The molecule has 0 radical (unpaired) electrons. The van der Waals surface area contributed by atoms with Crippen molar-refractivity contribution in [2.45, 2.75) is 85.4 Å². The number of carbonyl (C=O) groups is 1. The first-order chi connectivity index (χ1) is 11.5. The molecule has 0 aromatic heterocycles. The maximum atomic E-state index is 12.2. The van der Waals surface area contributed by atoms with Crippen molar-refractivity contribution in [3.05, 3.63) is 35.4 Å². The second kappa shape index (κ2) is 7.90. The lowest BCUT2D eigenvalue weighted by Crippen LogP contribution is -2.35. The number of rotatable bonds is 4. The Hall–Kier alpha value is -1.35. The molecule has 0 amide bonds. The molecular weight excluding hydrogens is 310 g/mol. The van der Waals surface area contributed by atoms with Gasteiger partial charge in [-0.3, -0.25) is 0 Å². The van der Waals surface area contributed by atoms with Gasteiger partial charge in [0, 0.05) is 12.6 Å². The molecule has 140 valence electrons. The highest BCUT2D eigenvalue weighted by Gasteiger charge is 2.29. The average Bonchev–Trinajstić information content (AvgIpc) is 2.51. The number of hydrogen-bond acceptors (Lipinski definition) is 3. The number of esters is 1. The molecule has 0 saturated heterocycles. The van der Waals surface area contributed by atoms with Gasteiger partial charge in [-0.05, 0) is 75.5 Å². The number of nitrogens with one attached hydrogen (secondary N) is 1. The van der Waals surface area contributed by atoms with Gasteiger partial charge in [-0.25, -0.2) is 4.79 Å². The molecule has 0 bridgehead atoms. The summed E-state index contributed by atoms with van der Waals surface area (Å²) >= 11 is 0. The third kappa shape index (κ3) is 6.47. The molecule has 0 aliphatic heterocycles. The zero-order valence-corrected chi connectivity index (χ0v) is 16.8. The van der Waals surface area contributed by atoms with Crippen molar-refractivity contribution in [1.29, 1.82) is 0 Å². The fraction of sp³-hybridized carbons (Fsp3) is 0.682. The summed E-state index contributed by atoms with van der Waals surface area (Å²) < 4.78 is 5.46. The molecular formula is C22H35NO2. The molecule has 25 heavy (non-hydrogen) atoms. The zero-order chi connectivity index (χ0) is 18.7. The molecule has 0 heterocycles. The third-order valence-electron chi connectivity index (χ3n) is 5.11. The Balaban J connectivity index is 1.86. The van der Waals surface area contributed by atoms with Crippen LogP contribution >= 0.6 is 0 Å². The van der Waals surface area contributed by atoms with Gasteiger partial charge in [0.25, 0.3) is 0 Å². The number of benzene rings is 1. The highest BCUT2D eigenvalue weighted by atomic mass is 16.6. The van der Waals surface area contributed by atoms with E-state index >= 15 is 0 Å². The van der Waals surface area contributed by atoms with Crippen molar-refractivity contribution in [2.75, 3.05) is 0 Å². The van der Waals surface area contributed by atoms with Crippen LogP contribution < -0.4 is 5.32 Å². The summed E-state index contributed by atoms with van der Waals surface area (Å²) in [5, 5.41) is 3.67. The van der Waals surface area contributed by atoms with E-state index in [0.717, 1.165) is 18.0 Å². The van der Waals surface area contributed by atoms with E-state index in [4.69, 9.17) is 4.74 Å². The minimum Gasteiger partial charge on any atom is -0.456 e. The van der Waals surface area contributed by atoms with E-state index in [0.29, 0.717) is 17.0 Å². The Bertz CT molecular complexity index is 572. The predicted octanol–water partition coefficient (Wildman–Crippen LogP) is 5.34. The number of carbonyl (C=O) groups excluding carboxylic acids is 1. The van der Waals surface area contributed by atoms with Gasteiger partial charge in [0.15, 0.2) is 0 Å². The normalized spacial score (nSPS) is 21.8. The van der Waals surface area contributed by atoms with Gasteiger partial charge in [0.2, 0.25) is 0 Å². The van der Waals surface area contributed by atoms with Gasteiger partial charge in [0.05, 0.1) is 5.56 Å². The Kier molecular flexibility index (Phi) is 6.31. The average molecular weight is 346 g/mol. The Morgan fingerprint density at radius 1 is 1.08 bits per heavy atom. The van der Waals surface area contributed by atoms with E-state index in [1.54, 1.807) is 0 Å². The molecule has 2 rings (SSSR count). The summed E-state index contributed by atoms with van der Waals surface area (Å²) in [5.74, 6) is 0.584. The third-order valence-corrected chi connectivity index (χ3v) is 5.11. The van der Waals surface area contributed by atoms with Crippen molar-refractivity contribution < 1.29 is 9.53 Å². The van der Waals surface area contributed by atoms with Crippen LogP contribution in [0.15, 0.2) is 24.3 Å². The topological polar surface area (TPSA) is 38.3 Å². The van der Waals surface area contributed by atoms with Crippen LogP contribution in [0.3, 0.4) is 0 Å². The van der Waals surface area contributed by atoms with Crippen molar-refractivity contribution in [2.24, 2.45) is 11.3 Å². The molecule has 3 heteroatoms. The van der Waals surface area contributed by atoms with Crippen molar-refractivity contribution in [3.8, 4) is 0 Å². The van der Waals surface area contributed by atoms with Crippen LogP contribution in [0.25, 0.3) is 0 Å². The first-order valence-corrected chi connectivity index (χ1v) is 9.60. The molecule has 1 N–H and O–H groups in total. The molecule has 1 aromatic carbocycles. The van der Waals surface area contributed by atoms with Crippen LogP contribution in [0.2, 0.25) is 0 Å². The second-order valence-corrected chi connectivity index (χ2v) is 9.50. The van der Waals surface area contributed by atoms with Gasteiger partial charge < -0.3 is 10.1 Å². The van der Waals surface area contributed by atoms with Gasteiger partial charge in [-0.1, -0.05) is 32.9 Å². The van der Waals surface area contributed by atoms with Crippen molar-refractivity contribution in [3.63, 3.8) is 0 Å². The summed E-state index contributed by atoms with van der Waals surface area (Å²) in [6.45, 7) is 13.6. The van der Waals surface area contributed by atoms with Gasteiger partial charge in [0.1, 0.15) is 5.60 Å². The fourth-order valence-corrected chi connectivity index (χ4v) is 3.57. The Morgan fingerprint density at radius 2 is 1.72 bits per heavy atom. The molecule has 0 unspecified atom stereocenters. The van der Waals surface area contributed by atoms with E-state index < -0.39 is 5.60 Å². The van der Waals surface area contributed by atoms with E-state index in [2.05, 4.69) is 32.2 Å². The summed E-state index contributed by atoms with van der Waals surface area (Å²) in [4.78, 5) is 12.2. The van der Waals surface area contributed by atoms with Crippen molar-refractivity contribution >= 4 is 5.97 Å². The van der Waals surface area contributed by atoms with Crippen LogP contribution in [-0.4, -0.2) is 17.6 Å². The van der Waals surface area contributed by atoms with Crippen LogP contribution in [0.4, 0.5) is 0 Å². The van der Waals surface area contributed by atoms with Gasteiger partial charge in [-0.2, -0.15) is 0 Å². The molecule has 1 aromatic rings. The smallest absolute Gasteiger partial charge is 0.338 e. The predicted molar refractivity (Wildman–Crippen MR) is 104 cm³/mol. The Labute approximate surface area is 153 Å². The number of hydrogen-bond donors (Lipinski definition) is 1. The fourth-order valence-electron chi connectivity index (χ4n) is 3.57. The van der Waals surface area contributed by atoms with Crippen LogP contribution in [-0.2, 0) is 11.3 Å². The summed E-state index contributed by atoms with van der Waals surface area (Å²) in [7, 11) is 0. The lowest BCUT2D eigenvalue weighted by atomic mass is 9.71. The summed E-state index contributed by atoms with van der Waals surface area (Å²) in [6, 6.07) is 8.37. The number of ether oxygens (including phenoxy) is 1. The maximum absolute atomic E-state index is 12.2. The van der Waals surface area contributed by atoms with E-state index in [1.807, 2.05) is 39.0 Å². The largest absolute Gasteiger partial charge is 0.456 e. The molecule has 0 spiro atoms. The summed E-state index contributed by atoms with van der Waals surface area (Å²) in [5.41, 5.74) is 1.73. The monoisotopic (exact) mass is 345 g/mol. The van der Waals surface area contributed by atoms with Gasteiger partial charge >= 0.3 is 5.97 Å². The molecule has 1 fully saturated rings. The van der Waals surface area contributed by atoms with Crippen LogP contribution in [0.1, 0.15) is 83.1 Å². The molecule has 1 aliphatic rings. The zero-order valence-electron chi connectivity index (χ0n) is 16.8. The molecule has 3 nitrogen and oxygen atoms in total. The minimum absolute atomic E-state index is 0.250. The maximum Gasteiger partial charge on any atom is 0.338 e. The van der Waals surface area contributed by atoms with Crippen LogP contribution in [0.5, 0.6) is 0 Å². The second-order valence-electron chi connectivity index (χ2n) is 9.50. The van der Waals surface area contributed by atoms with Gasteiger partial charge in [-0.15, -0.1) is 0 Å². The Morgan fingerprint density at radius 3 is 2.28 bits per heavy atom. The van der Waals surface area contributed by atoms with E-state index in [1.165, 1.54) is 25.7 Å². The quantitative estimate of drug-likeness (QED) is 0.749. The van der Waals surface area contributed by atoms with Crippen LogP contribution in [0, 0.1) is 11.3 Å². The first kappa shape index (κ1) is 20.0. The highest BCUT2D eigenvalue weighted by Crippen LogP contribution is 2.37. The first-order valence-electron chi connectivity index (χ1n) is 9.60. The lowest BCUT2D eigenvalue weighted by molar-refractivity contribution is 0.00694. The molecule has 1 aliphatic carbocycles. The molecule has 0 atom stereocenters. The molecule has 1 saturated carbocycles. The summed E-state index contributed by atoms with van der Waals surface area (Å²) in [6.07, 6.45) is 5.10. The standard InChI is InChI=1S/C22H35NO2/c1-21(2,3)18-10-12-19(13-11-18)23-15-16-8-7-9-17(14-16)20(24)25-22(4,5)6/h7-9,14,18-19,23H,10-13,15H2,1-6H3/t18-,19-. The highest BCUT2D eigenvalue weighted by molar-refractivity contribution is 5.89. The minimum atomic E-state index is -0.461. The van der Waals surface area contributed by atoms with Crippen molar-refractivity contribution in [1.82, 2.24) is 5.32 Å². The SMILES string of the molecule is CC(C)(C)OC(=O)c1cccc(CN[C@H]2CC[C@H](C(C)(C)C)CC2)c1. The lowest BCUT2D eigenvalue weighted by Gasteiger charge is -2.37. The van der Waals surface area contributed by atoms with E-state index in [9.17, 15) is 4.79 Å². The van der Waals surface area contributed by atoms with E-state index in [-0.39, 0.29) is 5.97 Å².